The number of fused-ring (bicyclic) bond motifs is 3. The molecule has 2 atom stereocenters. The van der Waals surface area contributed by atoms with E-state index >= 15 is 0 Å². The fraction of sp³-hybridized carbons (Fsp3) is 0.500. The first kappa shape index (κ1) is 10.9. The third kappa shape index (κ3) is 1.60. The maximum absolute atomic E-state index is 4.65. The predicted octanol–water partition coefficient (Wildman–Crippen LogP) is 2.18. The van der Waals surface area contributed by atoms with Crippen LogP contribution in [0.4, 0.5) is 0 Å². The minimum Gasteiger partial charge on any atom is -0.301 e. The fourth-order valence-corrected chi connectivity index (χ4v) is 4.17. The Kier molecular flexibility index (Phi) is 2.43. The first-order chi connectivity index (χ1) is 8.81. The summed E-state index contributed by atoms with van der Waals surface area (Å²) in [4.78, 5) is 5.12. The smallest absolute Gasteiger partial charge is 0.0761 e. The van der Waals surface area contributed by atoms with E-state index in [2.05, 4.69) is 45.5 Å². The Morgan fingerprint density at radius 2 is 2.17 bits per heavy atom. The van der Waals surface area contributed by atoms with Crippen LogP contribution in [0, 0.1) is 0 Å². The van der Waals surface area contributed by atoms with Gasteiger partial charge in [-0.05, 0) is 31.1 Å². The van der Waals surface area contributed by atoms with E-state index in [9.17, 15) is 0 Å². The van der Waals surface area contributed by atoms with E-state index in [1.165, 1.54) is 35.3 Å². The molecule has 2 aliphatic rings. The maximum atomic E-state index is 4.65. The summed E-state index contributed by atoms with van der Waals surface area (Å²) < 4.78 is 5.96. The summed E-state index contributed by atoms with van der Waals surface area (Å²) in [6.45, 7) is 3.47. The van der Waals surface area contributed by atoms with Gasteiger partial charge in [-0.2, -0.15) is 4.37 Å². The summed E-state index contributed by atoms with van der Waals surface area (Å²) in [6, 6.07) is 10.1. The van der Waals surface area contributed by atoms with Crippen LogP contribution in [0.25, 0.3) is 10.1 Å². The van der Waals surface area contributed by atoms with Crippen LogP contribution in [-0.2, 0) is 6.54 Å². The number of hydrogen-bond acceptors (Lipinski definition) is 4. The molecule has 0 N–H and O–H groups in total. The molecule has 2 saturated heterocycles. The Bertz CT molecular complexity index is 577. The van der Waals surface area contributed by atoms with E-state index < -0.39 is 0 Å². The molecule has 4 rings (SSSR count). The summed E-state index contributed by atoms with van der Waals surface area (Å²) >= 11 is 1.63. The highest BCUT2D eigenvalue weighted by molar-refractivity contribution is 7.13. The Labute approximate surface area is 111 Å². The van der Waals surface area contributed by atoms with Crippen molar-refractivity contribution < 1.29 is 0 Å². The number of likely N-dealkylation sites (tertiary alicyclic amines) is 2. The second-order valence-electron chi connectivity index (χ2n) is 5.54. The van der Waals surface area contributed by atoms with E-state index in [4.69, 9.17) is 0 Å². The van der Waals surface area contributed by atoms with Crippen molar-refractivity contribution in [1.29, 1.82) is 0 Å². The topological polar surface area (TPSA) is 19.4 Å². The molecule has 18 heavy (non-hydrogen) atoms. The quantitative estimate of drug-likeness (QED) is 0.824. The van der Waals surface area contributed by atoms with Gasteiger partial charge in [-0.1, -0.05) is 18.2 Å². The minimum absolute atomic E-state index is 0.750. The van der Waals surface area contributed by atoms with Crippen molar-refractivity contribution in [2.75, 3.05) is 20.1 Å². The van der Waals surface area contributed by atoms with E-state index in [0.29, 0.717) is 0 Å². The van der Waals surface area contributed by atoms with Crippen molar-refractivity contribution in [3.63, 3.8) is 0 Å². The zero-order valence-electron chi connectivity index (χ0n) is 10.5. The summed E-state index contributed by atoms with van der Waals surface area (Å²) in [5, 5.41) is 1.35. The van der Waals surface area contributed by atoms with Crippen LogP contribution in [0.5, 0.6) is 0 Å². The molecule has 1 aromatic carbocycles. The Morgan fingerprint density at radius 3 is 2.94 bits per heavy atom. The van der Waals surface area contributed by atoms with Crippen LogP contribution >= 0.6 is 11.5 Å². The third-order valence-electron chi connectivity index (χ3n) is 4.43. The molecule has 2 aliphatic heterocycles. The Hall–Kier alpha value is -0.970. The summed E-state index contributed by atoms with van der Waals surface area (Å²) in [5.74, 6) is 0. The lowest BCUT2D eigenvalue weighted by Crippen LogP contribution is -2.44. The number of piperazine rings is 1. The average Bonchev–Trinajstić information content (AvgIpc) is 3.04. The average molecular weight is 259 g/mol. The zero-order valence-corrected chi connectivity index (χ0v) is 11.4. The van der Waals surface area contributed by atoms with Crippen LogP contribution in [0.3, 0.4) is 0 Å². The summed E-state index contributed by atoms with van der Waals surface area (Å²) in [7, 11) is 2.25. The largest absolute Gasteiger partial charge is 0.301 e. The van der Waals surface area contributed by atoms with Crippen LogP contribution in [0.1, 0.15) is 12.1 Å². The van der Waals surface area contributed by atoms with Crippen LogP contribution in [0.15, 0.2) is 24.3 Å². The highest BCUT2D eigenvalue weighted by Crippen LogP contribution is 2.32. The maximum Gasteiger partial charge on any atom is 0.0761 e. The highest BCUT2D eigenvalue weighted by atomic mass is 32.1. The van der Waals surface area contributed by atoms with Gasteiger partial charge in [0.05, 0.1) is 10.4 Å². The zero-order chi connectivity index (χ0) is 12.1. The van der Waals surface area contributed by atoms with Gasteiger partial charge < -0.3 is 4.90 Å². The van der Waals surface area contributed by atoms with Gasteiger partial charge in [-0.15, -0.1) is 0 Å². The lowest BCUT2D eigenvalue weighted by Gasteiger charge is -2.31. The molecule has 3 nitrogen and oxygen atoms in total. The van der Waals surface area contributed by atoms with Gasteiger partial charge in [0, 0.05) is 37.1 Å². The number of aromatic nitrogens is 1. The molecule has 0 radical (unpaired) electrons. The number of benzene rings is 1. The summed E-state index contributed by atoms with van der Waals surface area (Å²) in [6.07, 6.45) is 1.35. The number of likely N-dealkylation sites (N-methyl/N-ethyl adjacent to an activating group) is 1. The van der Waals surface area contributed by atoms with E-state index in [1.54, 1.807) is 11.5 Å². The van der Waals surface area contributed by atoms with Crippen molar-refractivity contribution in [3.05, 3.63) is 30.0 Å². The van der Waals surface area contributed by atoms with Gasteiger partial charge in [0.1, 0.15) is 0 Å². The molecule has 4 heteroatoms. The normalized spacial score (nSPS) is 28.5. The monoisotopic (exact) mass is 259 g/mol. The number of hydrogen-bond donors (Lipinski definition) is 0. The molecule has 0 amide bonds. The molecule has 2 fully saturated rings. The molecule has 0 saturated carbocycles. The molecule has 2 aromatic rings. The van der Waals surface area contributed by atoms with Crippen LogP contribution < -0.4 is 0 Å². The third-order valence-corrected chi connectivity index (χ3v) is 5.30. The van der Waals surface area contributed by atoms with Crippen molar-refractivity contribution in [3.8, 4) is 0 Å². The molecular weight excluding hydrogens is 242 g/mol. The first-order valence-electron chi connectivity index (χ1n) is 6.59. The van der Waals surface area contributed by atoms with Gasteiger partial charge in [0.25, 0.3) is 0 Å². The molecule has 0 aliphatic carbocycles. The fourth-order valence-electron chi connectivity index (χ4n) is 3.39. The SMILES string of the molecule is CN1C[C@@H]2C[C@H]1CN2Cc1nsc2ccccc12. The molecule has 94 valence electrons. The van der Waals surface area contributed by atoms with Crippen molar-refractivity contribution in [2.45, 2.75) is 25.0 Å². The van der Waals surface area contributed by atoms with E-state index in [0.717, 1.165) is 18.6 Å². The van der Waals surface area contributed by atoms with Gasteiger partial charge >= 0.3 is 0 Å². The van der Waals surface area contributed by atoms with Gasteiger partial charge in [0.15, 0.2) is 0 Å². The second kappa shape index (κ2) is 4.02. The number of rotatable bonds is 2. The molecule has 2 bridgehead atoms. The molecular formula is C14H17N3S. The minimum atomic E-state index is 0.750. The van der Waals surface area contributed by atoms with E-state index in [-0.39, 0.29) is 0 Å². The lowest BCUT2D eigenvalue weighted by atomic mass is 10.2. The van der Waals surface area contributed by atoms with Crippen LogP contribution in [-0.4, -0.2) is 46.4 Å². The molecule has 0 unspecified atom stereocenters. The highest BCUT2D eigenvalue weighted by Gasteiger charge is 2.41. The van der Waals surface area contributed by atoms with Gasteiger partial charge in [-0.25, -0.2) is 0 Å². The Balaban J connectivity index is 1.59. The first-order valence-corrected chi connectivity index (χ1v) is 7.36. The summed E-state index contributed by atoms with van der Waals surface area (Å²) in [5.41, 5.74) is 1.27. The van der Waals surface area contributed by atoms with Crippen molar-refractivity contribution >= 4 is 21.6 Å². The predicted molar refractivity (Wildman–Crippen MR) is 74.9 cm³/mol. The molecule has 0 spiro atoms. The van der Waals surface area contributed by atoms with Crippen molar-refractivity contribution in [2.24, 2.45) is 0 Å². The number of nitrogens with zero attached hydrogens (tertiary/aromatic N) is 3. The Morgan fingerprint density at radius 1 is 1.28 bits per heavy atom. The molecule has 1 aromatic heterocycles. The van der Waals surface area contributed by atoms with Crippen LogP contribution in [0.2, 0.25) is 0 Å². The second-order valence-corrected chi connectivity index (χ2v) is 6.34. The molecule has 3 heterocycles. The standard InChI is InChI=1S/C14H17N3S/c1-16-7-11-6-10(16)8-17(11)9-13-12-4-2-3-5-14(12)18-15-13/h2-5,10-11H,6-9H2,1H3/t10-,11-/m0/s1. The lowest BCUT2D eigenvalue weighted by molar-refractivity contribution is 0.143. The van der Waals surface area contributed by atoms with Gasteiger partial charge in [0.2, 0.25) is 0 Å². The van der Waals surface area contributed by atoms with Crippen molar-refractivity contribution in [1.82, 2.24) is 14.2 Å². The van der Waals surface area contributed by atoms with Gasteiger partial charge in [-0.3, -0.25) is 4.90 Å². The van der Waals surface area contributed by atoms with E-state index in [1.807, 2.05) is 0 Å².